The van der Waals surface area contributed by atoms with Gasteiger partial charge in [-0.1, -0.05) is 24.3 Å². The Labute approximate surface area is 157 Å². The number of halogens is 1. The van der Waals surface area contributed by atoms with Gasteiger partial charge in [0.25, 0.3) is 0 Å². The molecule has 3 rings (SSSR count). The Hall–Kier alpha value is -1.41. The first-order valence-electron chi connectivity index (χ1n) is 8.10. The minimum absolute atomic E-state index is 0.332. The largest absolute Gasteiger partial charge is 0.497 e. The summed E-state index contributed by atoms with van der Waals surface area (Å²) in [6.07, 6.45) is 0. The molecule has 0 aliphatic carbocycles. The van der Waals surface area contributed by atoms with E-state index in [0.717, 1.165) is 25.4 Å². The third-order valence-corrected chi connectivity index (χ3v) is 7.26. The summed E-state index contributed by atoms with van der Waals surface area (Å²) in [6.45, 7) is 3.25. The first-order chi connectivity index (χ1) is 12.0. The summed E-state index contributed by atoms with van der Waals surface area (Å²) >= 11 is 3.34. The van der Waals surface area contributed by atoms with Gasteiger partial charge in [0, 0.05) is 37.2 Å². The van der Waals surface area contributed by atoms with Crippen molar-refractivity contribution in [3.63, 3.8) is 0 Å². The molecule has 0 aromatic heterocycles. The molecular formula is C18H21BrN2O3S. The highest BCUT2D eigenvalue weighted by atomic mass is 79.9. The Morgan fingerprint density at radius 3 is 2.24 bits per heavy atom. The molecule has 0 saturated carbocycles. The quantitative estimate of drug-likeness (QED) is 0.739. The van der Waals surface area contributed by atoms with Crippen LogP contribution in [0.1, 0.15) is 5.56 Å². The summed E-state index contributed by atoms with van der Waals surface area (Å²) in [7, 11) is -1.80. The van der Waals surface area contributed by atoms with Crippen LogP contribution in [-0.4, -0.2) is 50.9 Å². The maximum Gasteiger partial charge on any atom is 0.244 e. The summed E-state index contributed by atoms with van der Waals surface area (Å²) in [5.41, 5.74) is 1.20. The molecule has 1 aliphatic heterocycles. The number of nitrogens with zero attached hydrogens (tertiary/aromatic N) is 2. The highest BCUT2D eigenvalue weighted by Gasteiger charge is 2.29. The highest BCUT2D eigenvalue weighted by molar-refractivity contribution is 9.10. The van der Waals surface area contributed by atoms with Gasteiger partial charge in [-0.15, -0.1) is 0 Å². The van der Waals surface area contributed by atoms with E-state index in [1.165, 1.54) is 5.56 Å². The van der Waals surface area contributed by atoms with Gasteiger partial charge in [-0.2, -0.15) is 4.31 Å². The molecule has 1 heterocycles. The number of hydrogen-bond acceptors (Lipinski definition) is 4. The van der Waals surface area contributed by atoms with Crippen LogP contribution in [0.3, 0.4) is 0 Å². The van der Waals surface area contributed by atoms with Crippen molar-refractivity contribution in [2.75, 3.05) is 33.3 Å². The van der Waals surface area contributed by atoms with Crippen LogP contribution in [0.4, 0.5) is 0 Å². The number of sulfonamides is 1. The van der Waals surface area contributed by atoms with Crippen molar-refractivity contribution < 1.29 is 13.2 Å². The smallest absolute Gasteiger partial charge is 0.244 e. The summed E-state index contributed by atoms with van der Waals surface area (Å²) in [5, 5.41) is 0. The van der Waals surface area contributed by atoms with Gasteiger partial charge in [0.05, 0.1) is 12.0 Å². The van der Waals surface area contributed by atoms with E-state index in [-0.39, 0.29) is 0 Å². The molecule has 0 unspecified atom stereocenters. The molecule has 5 nitrogen and oxygen atoms in total. The SMILES string of the molecule is COc1ccc(CN2CCN(S(=O)(=O)c3ccccc3Br)CC2)cc1. The van der Waals surface area contributed by atoms with Crippen LogP contribution in [0.5, 0.6) is 5.75 Å². The summed E-state index contributed by atoms with van der Waals surface area (Å²) in [4.78, 5) is 2.60. The van der Waals surface area contributed by atoms with Crippen LogP contribution >= 0.6 is 15.9 Å². The predicted molar refractivity (Wildman–Crippen MR) is 101 cm³/mol. The second-order valence-electron chi connectivity index (χ2n) is 5.96. The molecule has 25 heavy (non-hydrogen) atoms. The van der Waals surface area contributed by atoms with Gasteiger partial charge in [-0.05, 0) is 45.8 Å². The van der Waals surface area contributed by atoms with E-state index in [1.807, 2.05) is 30.3 Å². The van der Waals surface area contributed by atoms with Crippen LogP contribution in [0.15, 0.2) is 57.9 Å². The van der Waals surface area contributed by atoms with Crippen LogP contribution in [0, 0.1) is 0 Å². The average Bonchev–Trinajstić information content (AvgIpc) is 2.63. The summed E-state index contributed by atoms with van der Waals surface area (Å²) < 4.78 is 33.0. The molecule has 2 aromatic carbocycles. The maximum atomic E-state index is 12.8. The lowest BCUT2D eigenvalue weighted by atomic mass is 10.2. The van der Waals surface area contributed by atoms with E-state index in [0.29, 0.717) is 22.5 Å². The number of methoxy groups -OCH3 is 1. The number of benzene rings is 2. The predicted octanol–water partition coefficient (Wildman–Crippen LogP) is 2.96. The molecule has 0 bridgehead atoms. The lowest BCUT2D eigenvalue weighted by Crippen LogP contribution is -2.48. The highest BCUT2D eigenvalue weighted by Crippen LogP contribution is 2.25. The minimum Gasteiger partial charge on any atom is -0.497 e. The summed E-state index contributed by atoms with van der Waals surface area (Å²) in [5.74, 6) is 0.841. The van der Waals surface area contributed by atoms with Crippen molar-refractivity contribution in [2.24, 2.45) is 0 Å². The van der Waals surface area contributed by atoms with Gasteiger partial charge >= 0.3 is 0 Å². The van der Waals surface area contributed by atoms with Crippen molar-refractivity contribution in [1.29, 1.82) is 0 Å². The zero-order chi connectivity index (χ0) is 17.9. The van der Waals surface area contributed by atoms with Gasteiger partial charge in [0.1, 0.15) is 5.75 Å². The molecule has 2 aromatic rings. The molecule has 0 radical (unpaired) electrons. The Balaban J connectivity index is 1.62. The van der Waals surface area contributed by atoms with Crippen LogP contribution < -0.4 is 4.74 Å². The van der Waals surface area contributed by atoms with Crippen molar-refractivity contribution in [1.82, 2.24) is 9.21 Å². The molecule has 1 saturated heterocycles. The van der Waals surface area contributed by atoms with E-state index < -0.39 is 10.0 Å². The van der Waals surface area contributed by atoms with Gasteiger partial charge in [0.2, 0.25) is 10.0 Å². The van der Waals surface area contributed by atoms with E-state index in [1.54, 1.807) is 29.6 Å². The molecule has 1 aliphatic rings. The lowest BCUT2D eigenvalue weighted by molar-refractivity contribution is 0.181. The van der Waals surface area contributed by atoms with Crippen molar-refractivity contribution in [2.45, 2.75) is 11.4 Å². The normalized spacial score (nSPS) is 16.7. The van der Waals surface area contributed by atoms with Crippen molar-refractivity contribution >= 4 is 26.0 Å². The number of hydrogen-bond donors (Lipinski definition) is 0. The molecule has 0 N–H and O–H groups in total. The second kappa shape index (κ2) is 7.86. The molecular weight excluding hydrogens is 404 g/mol. The van der Waals surface area contributed by atoms with Crippen molar-refractivity contribution in [3.05, 3.63) is 58.6 Å². The van der Waals surface area contributed by atoms with E-state index in [2.05, 4.69) is 20.8 Å². The molecule has 0 atom stereocenters. The minimum atomic E-state index is -3.45. The molecule has 134 valence electrons. The maximum absolute atomic E-state index is 12.8. The molecule has 1 fully saturated rings. The topological polar surface area (TPSA) is 49.9 Å². The van der Waals surface area contributed by atoms with Crippen LogP contribution in [-0.2, 0) is 16.6 Å². The van der Waals surface area contributed by atoms with Crippen LogP contribution in [0.25, 0.3) is 0 Å². The first kappa shape index (κ1) is 18.4. The third-order valence-electron chi connectivity index (χ3n) is 4.35. The van der Waals surface area contributed by atoms with Crippen LogP contribution in [0.2, 0.25) is 0 Å². The molecule has 0 amide bonds. The molecule has 0 spiro atoms. The fourth-order valence-corrected chi connectivity index (χ4v) is 5.30. The van der Waals surface area contributed by atoms with Crippen molar-refractivity contribution in [3.8, 4) is 5.75 Å². The standard InChI is InChI=1S/C18H21BrN2O3S/c1-24-16-8-6-15(7-9-16)14-20-10-12-21(13-11-20)25(22,23)18-5-3-2-4-17(18)19/h2-9H,10-14H2,1H3. The Morgan fingerprint density at radius 2 is 1.64 bits per heavy atom. The number of ether oxygens (including phenoxy) is 1. The van der Waals surface area contributed by atoms with Gasteiger partial charge < -0.3 is 4.74 Å². The monoisotopic (exact) mass is 424 g/mol. The second-order valence-corrected chi connectivity index (χ2v) is 8.72. The van der Waals surface area contributed by atoms with E-state index in [4.69, 9.17) is 4.74 Å². The lowest BCUT2D eigenvalue weighted by Gasteiger charge is -2.34. The fraction of sp³-hybridized carbons (Fsp3) is 0.333. The Kier molecular flexibility index (Phi) is 5.78. The van der Waals surface area contributed by atoms with Gasteiger partial charge in [-0.25, -0.2) is 8.42 Å². The van der Waals surface area contributed by atoms with Gasteiger partial charge in [0.15, 0.2) is 0 Å². The Morgan fingerprint density at radius 1 is 1.00 bits per heavy atom. The third kappa shape index (κ3) is 4.23. The zero-order valence-electron chi connectivity index (χ0n) is 14.1. The number of rotatable bonds is 5. The Bertz CT molecular complexity index is 816. The van der Waals surface area contributed by atoms with Gasteiger partial charge in [-0.3, -0.25) is 4.90 Å². The average molecular weight is 425 g/mol. The van der Waals surface area contributed by atoms with E-state index >= 15 is 0 Å². The summed E-state index contributed by atoms with van der Waals surface area (Å²) in [6, 6.07) is 14.9. The fourth-order valence-electron chi connectivity index (χ4n) is 2.91. The van der Waals surface area contributed by atoms with E-state index in [9.17, 15) is 8.42 Å². The first-order valence-corrected chi connectivity index (χ1v) is 10.3. The molecule has 7 heteroatoms. The zero-order valence-corrected chi connectivity index (χ0v) is 16.5. The number of piperazine rings is 1.